The molecule has 0 fully saturated rings. The van der Waals surface area contributed by atoms with Gasteiger partial charge in [0, 0.05) is 42.4 Å². The molecule has 0 aliphatic rings. The van der Waals surface area contributed by atoms with Crippen molar-refractivity contribution in [1.82, 2.24) is 10.9 Å². The summed E-state index contributed by atoms with van der Waals surface area (Å²) in [6.45, 7) is 0. The van der Waals surface area contributed by atoms with Crippen molar-refractivity contribution in [1.29, 1.82) is 0 Å². The van der Waals surface area contributed by atoms with Gasteiger partial charge >= 0.3 is 0 Å². The molecule has 0 unspecified atom stereocenters. The van der Waals surface area contributed by atoms with Crippen LogP contribution in [-0.4, -0.2) is 33.0 Å². The van der Waals surface area contributed by atoms with Gasteiger partial charge in [0.15, 0.2) is 0 Å². The lowest BCUT2D eigenvalue weighted by molar-refractivity contribution is -0.121. The average molecular weight is 367 g/mol. The molecule has 140 valence electrons. The molecule has 0 radical (unpaired) electrons. The van der Waals surface area contributed by atoms with E-state index in [1.165, 1.54) is 6.26 Å². The molecular weight excluding hydrogens is 346 g/mol. The Morgan fingerprint density at radius 3 is 2.67 bits per heavy atom. The van der Waals surface area contributed by atoms with Crippen LogP contribution in [0.25, 0.3) is 11.0 Å². The number of furan rings is 1. The number of methoxy groups -OCH3 is 1. The number of fused-ring (bicyclic) bond motifs is 1. The van der Waals surface area contributed by atoms with Gasteiger partial charge in [-0.15, -0.1) is 0 Å². The quantitative estimate of drug-likeness (QED) is 0.677. The number of nitrogens with one attached hydrogen (secondary N) is 2. The van der Waals surface area contributed by atoms with E-state index >= 15 is 0 Å². The van der Waals surface area contributed by atoms with E-state index in [-0.39, 0.29) is 18.2 Å². The van der Waals surface area contributed by atoms with Crippen LogP contribution >= 0.6 is 0 Å². The van der Waals surface area contributed by atoms with E-state index in [2.05, 4.69) is 10.9 Å². The largest absolute Gasteiger partial charge is 0.497 e. The molecule has 0 aliphatic heterocycles. The highest BCUT2D eigenvalue weighted by atomic mass is 16.5. The van der Waals surface area contributed by atoms with Gasteiger partial charge in [-0.25, -0.2) is 0 Å². The van der Waals surface area contributed by atoms with Crippen molar-refractivity contribution < 1.29 is 18.7 Å². The number of ether oxygens (including phenoxy) is 1. The Morgan fingerprint density at radius 1 is 1.11 bits per heavy atom. The summed E-state index contributed by atoms with van der Waals surface area (Å²) >= 11 is 0. The second kappa shape index (κ2) is 7.82. The number of carbonyl (C=O) groups excluding carboxylic acids is 2. The van der Waals surface area contributed by atoms with Crippen LogP contribution < -0.4 is 20.5 Å². The molecule has 2 amide bonds. The molecule has 2 N–H and O–H groups in total. The molecule has 0 atom stereocenters. The van der Waals surface area contributed by atoms with Crippen LogP contribution in [-0.2, 0) is 11.2 Å². The van der Waals surface area contributed by atoms with E-state index in [1.807, 2.05) is 31.1 Å². The van der Waals surface area contributed by atoms with Gasteiger partial charge in [0.25, 0.3) is 5.91 Å². The molecule has 0 bridgehead atoms. The van der Waals surface area contributed by atoms with Crippen molar-refractivity contribution in [2.24, 2.45) is 0 Å². The topological polar surface area (TPSA) is 83.8 Å². The van der Waals surface area contributed by atoms with Crippen LogP contribution in [0.15, 0.2) is 53.1 Å². The molecule has 1 heterocycles. The van der Waals surface area contributed by atoms with E-state index < -0.39 is 0 Å². The Kier molecular flexibility index (Phi) is 5.30. The molecule has 0 saturated carbocycles. The number of amides is 2. The lowest BCUT2D eigenvalue weighted by Crippen LogP contribution is -2.42. The molecule has 7 heteroatoms. The number of rotatable bonds is 5. The molecule has 3 rings (SSSR count). The van der Waals surface area contributed by atoms with Crippen molar-refractivity contribution in [3.05, 3.63) is 59.9 Å². The van der Waals surface area contributed by atoms with Gasteiger partial charge < -0.3 is 14.1 Å². The monoisotopic (exact) mass is 367 g/mol. The summed E-state index contributed by atoms with van der Waals surface area (Å²) in [4.78, 5) is 26.3. The van der Waals surface area contributed by atoms with Gasteiger partial charge in [-0.1, -0.05) is 6.07 Å². The third-order valence-electron chi connectivity index (χ3n) is 4.15. The number of benzene rings is 2. The summed E-state index contributed by atoms with van der Waals surface area (Å²) in [6, 6.07) is 12.5. The minimum absolute atomic E-state index is 0.0807. The highest BCUT2D eigenvalue weighted by molar-refractivity contribution is 5.96. The molecule has 0 aliphatic carbocycles. The lowest BCUT2D eigenvalue weighted by Gasteiger charge is -2.13. The van der Waals surface area contributed by atoms with Gasteiger partial charge in [-0.05, 0) is 30.3 Å². The van der Waals surface area contributed by atoms with E-state index in [1.54, 1.807) is 37.4 Å². The Morgan fingerprint density at radius 2 is 1.93 bits per heavy atom. The predicted octanol–water partition coefficient (Wildman–Crippen LogP) is 2.51. The van der Waals surface area contributed by atoms with Crippen LogP contribution in [0.1, 0.15) is 15.9 Å². The zero-order chi connectivity index (χ0) is 19.4. The van der Waals surface area contributed by atoms with E-state index in [0.717, 1.165) is 16.6 Å². The fourth-order valence-corrected chi connectivity index (χ4v) is 2.67. The highest BCUT2D eigenvalue weighted by Gasteiger charge is 2.13. The molecule has 1 aromatic heterocycles. The number of anilines is 1. The molecule has 7 nitrogen and oxygen atoms in total. The maximum Gasteiger partial charge on any atom is 0.269 e. The first-order valence-electron chi connectivity index (χ1n) is 8.38. The fourth-order valence-electron chi connectivity index (χ4n) is 2.67. The summed E-state index contributed by atoms with van der Waals surface area (Å²) in [5.41, 5.74) is 7.60. The summed E-state index contributed by atoms with van der Waals surface area (Å²) in [7, 11) is 5.36. The maximum absolute atomic E-state index is 12.2. The Bertz CT molecular complexity index is 978. The van der Waals surface area contributed by atoms with Gasteiger partial charge in [0.1, 0.15) is 11.3 Å². The molecule has 0 saturated heterocycles. The van der Waals surface area contributed by atoms with Gasteiger partial charge in [0.05, 0.1) is 19.8 Å². The van der Waals surface area contributed by atoms with Crippen molar-refractivity contribution in [2.75, 3.05) is 26.1 Å². The number of nitrogens with zero attached hydrogens (tertiary/aromatic N) is 1. The van der Waals surface area contributed by atoms with Crippen molar-refractivity contribution in [3.63, 3.8) is 0 Å². The Hall–Kier alpha value is -3.48. The smallest absolute Gasteiger partial charge is 0.269 e. The number of hydrogen-bond donors (Lipinski definition) is 2. The third-order valence-corrected chi connectivity index (χ3v) is 4.15. The van der Waals surface area contributed by atoms with Crippen LogP contribution in [0.4, 0.5) is 5.69 Å². The Balaban J connectivity index is 1.61. The standard InChI is InChI=1S/C20H21N3O4/c1-23(2)15-6-4-5-13(9-15)20(25)22-21-19(24)10-14-12-27-18-11-16(26-3)7-8-17(14)18/h4-9,11-12H,10H2,1-3H3,(H,21,24)(H,22,25). The minimum Gasteiger partial charge on any atom is -0.497 e. The number of carbonyl (C=O) groups is 2. The molecule has 2 aromatic carbocycles. The molecule has 27 heavy (non-hydrogen) atoms. The second-order valence-electron chi connectivity index (χ2n) is 6.25. The van der Waals surface area contributed by atoms with Crippen molar-refractivity contribution >= 4 is 28.5 Å². The van der Waals surface area contributed by atoms with Crippen molar-refractivity contribution in [3.8, 4) is 5.75 Å². The average Bonchev–Trinajstić information content (AvgIpc) is 3.08. The van der Waals surface area contributed by atoms with E-state index in [9.17, 15) is 9.59 Å². The van der Waals surface area contributed by atoms with E-state index in [0.29, 0.717) is 16.9 Å². The molecular formula is C20H21N3O4. The van der Waals surface area contributed by atoms with Crippen LogP contribution in [0.3, 0.4) is 0 Å². The maximum atomic E-state index is 12.2. The summed E-state index contributed by atoms with van der Waals surface area (Å²) in [5.74, 6) is -0.0421. The SMILES string of the molecule is COc1ccc2c(CC(=O)NNC(=O)c3cccc(N(C)C)c3)coc2c1. The van der Waals surface area contributed by atoms with Crippen molar-refractivity contribution in [2.45, 2.75) is 6.42 Å². The number of hydrogen-bond acceptors (Lipinski definition) is 5. The van der Waals surface area contributed by atoms with Gasteiger partial charge in [0.2, 0.25) is 5.91 Å². The summed E-state index contributed by atoms with van der Waals surface area (Å²) in [6.07, 6.45) is 1.61. The zero-order valence-electron chi connectivity index (χ0n) is 15.4. The fraction of sp³-hybridized carbons (Fsp3) is 0.200. The minimum atomic E-state index is -0.381. The summed E-state index contributed by atoms with van der Waals surface area (Å²) < 4.78 is 10.6. The van der Waals surface area contributed by atoms with E-state index in [4.69, 9.17) is 9.15 Å². The first kappa shape index (κ1) is 18.3. The number of hydrazine groups is 1. The van der Waals surface area contributed by atoms with Gasteiger partial charge in [-0.2, -0.15) is 0 Å². The first-order valence-corrected chi connectivity index (χ1v) is 8.38. The Labute approximate surface area is 156 Å². The first-order chi connectivity index (χ1) is 13.0. The second-order valence-corrected chi connectivity index (χ2v) is 6.25. The highest BCUT2D eigenvalue weighted by Crippen LogP contribution is 2.25. The van der Waals surface area contributed by atoms with Gasteiger partial charge in [-0.3, -0.25) is 20.4 Å². The van der Waals surface area contributed by atoms with Crippen LogP contribution in [0.2, 0.25) is 0 Å². The zero-order valence-corrected chi connectivity index (χ0v) is 15.4. The third kappa shape index (κ3) is 4.20. The summed E-state index contributed by atoms with van der Waals surface area (Å²) in [5, 5.41) is 0.830. The molecule has 0 spiro atoms. The van der Waals surface area contributed by atoms with Crippen LogP contribution in [0.5, 0.6) is 5.75 Å². The van der Waals surface area contributed by atoms with Crippen LogP contribution in [0, 0.1) is 0 Å². The lowest BCUT2D eigenvalue weighted by atomic mass is 10.1. The molecule has 3 aromatic rings. The normalized spacial score (nSPS) is 10.5. The predicted molar refractivity (Wildman–Crippen MR) is 103 cm³/mol.